The van der Waals surface area contributed by atoms with E-state index < -0.39 is 17.6 Å². The van der Waals surface area contributed by atoms with E-state index in [1.165, 1.54) is 52.5 Å². The molecule has 3 aromatic heterocycles. The number of thiazole rings is 1. The van der Waals surface area contributed by atoms with Gasteiger partial charge in [0.1, 0.15) is 5.56 Å². The number of aryl methyl sites for hydroxylation is 1. The van der Waals surface area contributed by atoms with Crippen molar-refractivity contribution in [3.05, 3.63) is 64.9 Å². The van der Waals surface area contributed by atoms with Gasteiger partial charge in [-0.1, -0.05) is 18.2 Å². The largest absolute Gasteiger partial charge is 0.417 e. The third kappa shape index (κ3) is 3.33. The minimum Gasteiger partial charge on any atom is -0.298 e. The molecule has 0 unspecified atom stereocenters. The van der Waals surface area contributed by atoms with E-state index in [1.807, 2.05) is 0 Å². The molecule has 0 fully saturated rings. The lowest BCUT2D eigenvalue weighted by molar-refractivity contribution is -0.137. The van der Waals surface area contributed by atoms with Crippen molar-refractivity contribution in [3.63, 3.8) is 0 Å². The summed E-state index contributed by atoms with van der Waals surface area (Å²) in [6.45, 7) is 1.80. The lowest BCUT2D eigenvalue weighted by Gasteiger charge is -2.12. The molecular formula is C18H12F3N5OS. The molecule has 0 saturated heterocycles. The van der Waals surface area contributed by atoms with Crippen LogP contribution in [0.15, 0.2) is 48.1 Å². The van der Waals surface area contributed by atoms with E-state index in [4.69, 9.17) is 0 Å². The Morgan fingerprint density at radius 1 is 1.18 bits per heavy atom. The molecule has 6 nitrogen and oxygen atoms in total. The number of rotatable bonds is 3. The van der Waals surface area contributed by atoms with Gasteiger partial charge in [0.25, 0.3) is 5.91 Å². The van der Waals surface area contributed by atoms with Crippen LogP contribution in [0.5, 0.6) is 0 Å². The fourth-order valence-corrected chi connectivity index (χ4v) is 3.39. The molecule has 0 aliphatic heterocycles. The van der Waals surface area contributed by atoms with E-state index in [2.05, 4.69) is 20.4 Å². The molecule has 4 rings (SSSR count). The number of alkyl halides is 3. The van der Waals surface area contributed by atoms with E-state index in [0.29, 0.717) is 5.13 Å². The molecule has 10 heteroatoms. The smallest absolute Gasteiger partial charge is 0.298 e. The van der Waals surface area contributed by atoms with Crippen LogP contribution in [-0.2, 0) is 6.18 Å². The Morgan fingerprint density at radius 3 is 2.68 bits per heavy atom. The normalized spacial score (nSPS) is 11.7. The van der Waals surface area contributed by atoms with E-state index in [1.54, 1.807) is 12.3 Å². The number of hydrogen-bond donors (Lipinski definition) is 1. The van der Waals surface area contributed by atoms with Gasteiger partial charge in [0.2, 0.25) is 0 Å². The Morgan fingerprint density at radius 2 is 1.96 bits per heavy atom. The number of nitrogens with zero attached hydrogens (tertiary/aromatic N) is 4. The van der Waals surface area contributed by atoms with Crippen LogP contribution in [-0.4, -0.2) is 25.5 Å². The van der Waals surface area contributed by atoms with Crippen molar-refractivity contribution >= 4 is 28.0 Å². The average Bonchev–Trinajstić information content (AvgIpc) is 3.26. The molecule has 0 atom stereocenters. The van der Waals surface area contributed by atoms with E-state index in [-0.39, 0.29) is 22.5 Å². The molecule has 1 aromatic carbocycles. The quantitative estimate of drug-likeness (QED) is 0.549. The Kier molecular flexibility index (Phi) is 4.34. The zero-order valence-corrected chi connectivity index (χ0v) is 15.2. The highest BCUT2D eigenvalue weighted by molar-refractivity contribution is 7.13. The average molecular weight is 403 g/mol. The molecule has 3 heterocycles. The summed E-state index contributed by atoms with van der Waals surface area (Å²) in [5.41, 5.74) is 0.292. The fourth-order valence-electron chi connectivity index (χ4n) is 2.71. The third-order valence-electron chi connectivity index (χ3n) is 3.96. The Labute approximate surface area is 160 Å². The summed E-state index contributed by atoms with van der Waals surface area (Å²) in [6.07, 6.45) is -1.74. The molecule has 4 aromatic rings. The molecule has 0 bridgehead atoms. The number of benzene rings is 1. The van der Waals surface area contributed by atoms with Gasteiger partial charge >= 0.3 is 6.18 Å². The Bertz CT molecular complexity index is 1180. The second-order valence-electron chi connectivity index (χ2n) is 5.93. The summed E-state index contributed by atoms with van der Waals surface area (Å²) in [4.78, 5) is 21.0. The monoisotopic (exact) mass is 403 g/mol. The Balaban J connectivity index is 1.76. The van der Waals surface area contributed by atoms with Crippen LogP contribution in [0, 0.1) is 6.92 Å². The van der Waals surface area contributed by atoms with Crippen molar-refractivity contribution in [1.82, 2.24) is 19.6 Å². The summed E-state index contributed by atoms with van der Waals surface area (Å²) >= 11 is 1.27. The van der Waals surface area contributed by atoms with Crippen molar-refractivity contribution in [2.45, 2.75) is 13.1 Å². The van der Waals surface area contributed by atoms with Crippen molar-refractivity contribution in [2.75, 3.05) is 5.32 Å². The maximum absolute atomic E-state index is 13.3. The summed E-state index contributed by atoms with van der Waals surface area (Å²) < 4.78 is 41.3. The predicted octanol–water partition coefficient (Wildman–Crippen LogP) is 4.43. The van der Waals surface area contributed by atoms with Gasteiger partial charge in [-0.05, 0) is 19.1 Å². The first-order valence-corrected chi connectivity index (χ1v) is 8.95. The van der Waals surface area contributed by atoms with Crippen LogP contribution < -0.4 is 5.32 Å². The number of fused-ring (bicyclic) bond motifs is 1. The van der Waals surface area contributed by atoms with Crippen LogP contribution in [0.3, 0.4) is 0 Å². The van der Waals surface area contributed by atoms with Crippen LogP contribution in [0.2, 0.25) is 0 Å². The number of anilines is 1. The topological polar surface area (TPSA) is 72.2 Å². The summed E-state index contributed by atoms with van der Waals surface area (Å²) in [5, 5.41) is 8.90. The van der Waals surface area contributed by atoms with E-state index in [0.717, 1.165) is 11.8 Å². The van der Waals surface area contributed by atoms with Gasteiger partial charge in [0.15, 0.2) is 10.8 Å². The lowest BCUT2D eigenvalue weighted by Crippen LogP contribution is -2.12. The van der Waals surface area contributed by atoms with Gasteiger partial charge in [0.05, 0.1) is 23.1 Å². The molecule has 0 spiro atoms. The number of nitrogens with one attached hydrogen (secondary N) is 1. The molecule has 28 heavy (non-hydrogen) atoms. The third-order valence-corrected chi connectivity index (χ3v) is 4.84. The molecule has 0 saturated carbocycles. The van der Waals surface area contributed by atoms with Crippen LogP contribution in [0.4, 0.5) is 18.3 Å². The van der Waals surface area contributed by atoms with Gasteiger partial charge in [0, 0.05) is 17.1 Å². The second kappa shape index (κ2) is 6.71. The predicted molar refractivity (Wildman–Crippen MR) is 98.2 cm³/mol. The number of carbonyl (C=O) groups is 1. The summed E-state index contributed by atoms with van der Waals surface area (Å²) in [6, 6.07) is 6.59. The molecule has 1 N–H and O–H groups in total. The van der Waals surface area contributed by atoms with Gasteiger partial charge in [-0.15, -0.1) is 11.3 Å². The highest BCUT2D eigenvalue weighted by atomic mass is 32.1. The first-order chi connectivity index (χ1) is 13.3. The van der Waals surface area contributed by atoms with Crippen LogP contribution >= 0.6 is 11.3 Å². The van der Waals surface area contributed by atoms with E-state index >= 15 is 0 Å². The summed E-state index contributed by atoms with van der Waals surface area (Å²) in [5.74, 6) is -0.488. The second-order valence-corrected chi connectivity index (χ2v) is 6.79. The number of hydrogen-bond acceptors (Lipinski definition) is 5. The highest BCUT2D eigenvalue weighted by Gasteiger charge is 2.33. The van der Waals surface area contributed by atoms with Gasteiger partial charge < -0.3 is 0 Å². The van der Waals surface area contributed by atoms with Crippen LogP contribution in [0.1, 0.15) is 21.6 Å². The van der Waals surface area contributed by atoms with Gasteiger partial charge in [-0.3, -0.25) is 10.1 Å². The first kappa shape index (κ1) is 18.1. The molecule has 0 aliphatic carbocycles. The molecular weight excluding hydrogens is 391 g/mol. The minimum atomic E-state index is -4.52. The lowest BCUT2D eigenvalue weighted by atomic mass is 10.0. The minimum absolute atomic E-state index is 0.0689. The van der Waals surface area contributed by atoms with Crippen molar-refractivity contribution < 1.29 is 18.0 Å². The molecule has 0 radical (unpaired) electrons. The van der Waals surface area contributed by atoms with Crippen LogP contribution in [0.25, 0.3) is 16.9 Å². The number of amides is 1. The molecule has 142 valence electrons. The standard InChI is InChI=1S/C18H12F3N5OS/c1-10-9-28-17(23-10)25-16(27)12-8-22-26-7-6-14(24-15(12)26)11-4-2-3-5-13(11)18(19,20)21/h2-9H,1H3,(H,23,25,27). The number of aromatic nitrogens is 4. The summed E-state index contributed by atoms with van der Waals surface area (Å²) in [7, 11) is 0. The molecule has 1 amide bonds. The van der Waals surface area contributed by atoms with Gasteiger partial charge in [-0.2, -0.15) is 18.3 Å². The van der Waals surface area contributed by atoms with Crippen molar-refractivity contribution in [3.8, 4) is 11.3 Å². The van der Waals surface area contributed by atoms with Gasteiger partial charge in [-0.25, -0.2) is 14.5 Å². The van der Waals surface area contributed by atoms with E-state index in [9.17, 15) is 18.0 Å². The maximum Gasteiger partial charge on any atom is 0.417 e. The Hall–Kier alpha value is -3.27. The van der Waals surface area contributed by atoms with Crippen molar-refractivity contribution in [1.29, 1.82) is 0 Å². The fraction of sp³-hybridized carbons (Fsp3) is 0.111. The SMILES string of the molecule is Cc1csc(NC(=O)c2cnn3ccc(-c4ccccc4C(F)(F)F)nc23)n1. The highest BCUT2D eigenvalue weighted by Crippen LogP contribution is 2.36. The molecule has 0 aliphatic rings. The zero-order valence-electron chi connectivity index (χ0n) is 14.4. The van der Waals surface area contributed by atoms with Crippen molar-refractivity contribution in [2.24, 2.45) is 0 Å². The zero-order chi connectivity index (χ0) is 19.9. The first-order valence-electron chi connectivity index (χ1n) is 8.07. The maximum atomic E-state index is 13.3. The number of halogens is 3. The number of carbonyl (C=O) groups excluding carboxylic acids is 1.